The van der Waals surface area contributed by atoms with Crippen molar-refractivity contribution in [1.29, 1.82) is 0 Å². The van der Waals surface area contributed by atoms with Crippen molar-refractivity contribution >= 4 is 34.0 Å². The van der Waals surface area contributed by atoms with E-state index < -0.39 is 10.7 Å². The van der Waals surface area contributed by atoms with Crippen molar-refractivity contribution in [2.45, 2.75) is 19.4 Å². The molecule has 0 saturated carbocycles. The van der Waals surface area contributed by atoms with E-state index in [0.29, 0.717) is 19.1 Å². The molecule has 7 heteroatoms. The maximum absolute atomic E-state index is 13.6. The highest BCUT2D eigenvalue weighted by Crippen LogP contribution is 2.30. The first-order valence-corrected chi connectivity index (χ1v) is 7.04. The normalized spacial score (nSPS) is 20.3. The summed E-state index contributed by atoms with van der Waals surface area (Å²) in [5.41, 5.74) is 0.124. The fourth-order valence-electron chi connectivity index (χ4n) is 2.11. The molecule has 2 unspecified atom stereocenters. The minimum atomic E-state index is -0.498. The summed E-state index contributed by atoms with van der Waals surface area (Å²) >= 11 is 1.74. The number of nitro groups is 1. The lowest BCUT2D eigenvalue weighted by Gasteiger charge is -2.20. The molecular weight excluding hydrogens is 366 g/mol. The molecule has 1 heterocycles. The number of anilines is 1. The zero-order valence-corrected chi connectivity index (χ0v) is 12.5. The smallest absolute Gasteiger partial charge is 0.293 e. The first-order valence-electron chi connectivity index (χ1n) is 5.96. The van der Waals surface area contributed by atoms with Crippen molar-refractivity contribution in [2.24, 2.45) is 5.92 Å². The summed E-state index contributed by atoms with van der Waals surface area (Å²) in [6.45, 7) is 3.27. The van der Waals surface area contributed by atoms with Gasteiger partial charge in [0, 0.05) is 30.7 Å². The first kappa shape index (κ1) is 14.4. The summed E-state index contributed by atoms with van der Waals surface area (Å²) < 4.78 is 19.1. The number of hydrogen-bond donors (Lipinski definition) is 1. The molecule has 5 nitrogen and oxygen atoms in total. The lowest BCUT2D eigenvalue weighted by atomic mass is 10.0. The number of benzene rings is 1. The van der Waals surface area contributed by atoms with Crippen LogP contribution in [0.5, 0.6) is 0 Å². The minimum absolute atomic E-state index is 0.000612. The van der Waals surface area contributed by atoms with Gasteiger partial charge < -0.3 is 10.1 Å². The quantitative estimate of drug-likeness (QED) is 0.495. The van der Waals surface area contributed by atoms with Crippen molar-refractivity contribution in [3.8, 4) is 0 Å². The Balaban J connectivity index is 2.22. The van der Waals surface area contributed by atoms with Crippen molar-refractivity contribution < 1.29 is 14.1 Å². The highest BCUT2D eigenvalue weighted by Gasteiger charge is 2.25. The molecule has 2 atom stereocenters. The van der Waals surface area contributed by atoms with Gasteiger partial charge in [-0.3, -0.25) is 10.1 Å². The molecule has 1 fully saturated rings. The van der Waals surface area contributed by atoms with Gasteiger partial charge in [0.05, 0.1) is 15.1 Å². The maximum atomic E-state index is 13.6. The number of nitro benzene ring substituents is 1. The van der Waals surface area contributed by atoms with Gasteiger partial charge in [-0.2, -0.15) is 0 Å². The van der Waals surface area contributed by atoms with Gasteiger partial charge >= 0.3 is 0 Å². The SMILES string of the molecule is CC(Nc1cc(F)c(I)cc1[N+](=O)[O-])C1CCOC1. The number of nitrogens with one attached hydrogen (secondary N) is 1. The van der Waals surface area contributed by atoms with Gasteiger partial charge in [0.15, 0.2) is 0 Å². The van der Waals surface area contributed by atoms with Crippen molar-refractivity contribution in [3.05, 3.63) is 31.6 Å². The summed E-state index contributed by atoms with van der Waals surface area (Å²) in [4.78, 5) is 10.5. The third-order valence-corrected chi connectivity index (χ3v) is 4.12. The Morgan fingerprint density at radius 3 is 2.95 bits per heavy atom. The monoisotopic (exact) mass is 380 g/mol. The second-order valence-electron chi connectivity index (χ2n) is 4.60. The van der Waals surface area contributed by atoms with E-state index >= 15 is 0 Å². The second-order valence-corrected chi connectivity index (χ2v) is 5.76. The maximum Gasteiger partial charge on any atom is 0.293 e. The average Bonchev–Trinajstić information content (AvgIpc) is 2.86. The third-order valence-electron chi connectivity index (χ3n) is 3.29. The lowest BCUT2D eigenvalue weighted by molar-refractivity contribution is -0.384. The van der Waals surface area contributed by atoms with Gasteiger partial charge in [-0.25, -0.2) is 4.39 Å². The van der Waals surface area contributed by atoms with Crippen LogP contribution in [0.3, 0.4) is 0 Å². The van der Waals surface area contributed by atoms with E-state index in [-0.39, 0.29) is 21.0 Å². The minimum Gasteiger partial charge on any atom is -0.381 e. The number of nitrogens with zero attached hydrogens (tertiary/aromatic N) is 1. The fourth-order valence-corrected chi connectivity index (χ4v) is 2.56. The Morgan fingerprint density at radius 2 is 2.37 bits per heavy atom. The van der Waals surface area contributed by atoms with Crippen LogP contribution >= 0.6 is 22.6 Å². The van der Waals surface area contributed by atoms with Crippen LogP contribution in [0.15, 0.2) is 12.1 Å². The summed E-state index contributed by atoms with van der Waals surface area (Å²) in [6.07, 6.45) is 0.912. The molecule has 0 aliphatic carbocycles. The van der Waals surface area contributed by atoms with Crippen LogP contribution in [0.1, 0.15) is 13.3 Å². The van der Waals surface area contributed by atoms with Gasteiger partial charge in [0.1, 0.15) is 11.5 Å². The molecule has 1 saturated heterocycles. The van der Waals surface area contributed by atoms with Crippen molar-refractivity contribution in [3.63, 3.8) is 0 Å². The molecule has 19 heavy (non-hydrogen) atoms. The molecule has 2 rings (SSSR count). The van der Waals surface area contributed by atoms with Gasteiger partial charge in [-0.1, -0.05) is 0 Å². The van der Waals surface area contributed by atoms with Crippen LogP contribution in [0.2, 0.25) is 0 Å². The molecule has 1 aliphatic rings. The topological polar surface area (TPSA) is 64.4 Å². The molecule has 0 spiro atoms. The first-order chi connectivity index (χ1) is 8.99. The van der Waals surface area contributed by atoms with E-state index in [0.717, 1.165) is 6.42 Å². The Labute approximate surface area is 123 Å². The van der Waals surface area contributed by atoms with E-state index in [9.17, 15) is 14.5 Å². The summed E-state index contributed by atoms with van der Waals surface area (Å²) in [5, 5.41) is 14.0. The average molecular weight is 380 g/mol. The van der Waals surface area contributed by atoms with E-state index in [1.165, 1.54) is 12.1 Å². The van der Waals surface area contributed by atoms with Crippen LogP contribution in [-0.4, -0.2) is 24.2 Å². The molecule has 1 aliphatic heterocycles. The van der Waals surface area contributed by atoms with Gasteiger partial charge in [-0.15, -0.1) is 0 Å². The highest BCUT2D eigenvalue weighted by atomic mass is 127. The Bertz CT molecular complexity index is 492. The molecule has 0 radical (unpaired) electrons. The van der Waals surface area contributed by atoms with Gasteiger partial charge in [0.25, 0.3) is 5.69 Å². The van der Waals surface area contributed by atoms with Crippen LogP contribution in [0, 0.1) is 25.4 Å². The number of hydrogen-bond acceptors (Lipinski definition) is 4. The summed E-state index contributed by atoms with van der Waals surface area (Å²) in [6, 6.07) is 2.43. The summed E-state index contributed by atoms with van der Waals surface area (Å²) in [7, 11) is 0. The van der Waals surface area contributed by atoms with Crippen molar-refractivity contribution in [1.82, 2.24) is 0 Å². The van der Waals surface area contributed by atoms with Gasteiger partial charge in [0.2, 0.25) is 0 Å². The van der Waals surface area contributed by atoms with Crippen molar-refractivity contribution in [2.75, 3.05) is 18.5 Å². The molecule has 1 aromatic carbocycles. The number of rotatable bonds is 4. The Hall–Kier alpha value is -0.960. The van der Waals surface area contributed by atoms with E-state index in [4.69, 9.17) is 4.74 Å². The van der Waals surface area contributed by atoms with Crippen LogP contribution in [0.4, 0.5) is 15.8 Å². The Kier molecular flexibility index (Phi) is 4.56. The molecule has 1 aromatic rings. The highest BCUT2D eigenvalue weighted by molar-refractivity contribution is 14.1. The summed E-state index contributed by atoms with van der Waals surface area (Å²) in [5.74, 6) is -0.162. The van der Waals surface area contributed by atoms with Crippen LogP contribution in [-0.2, 0) is 4.74 Å². The Morgan fingerprint density at radius 1 is 1.63 bits per heavy atom. The number of halogens is 2. The predicted octanol–water partition coefficient (Wildman–Crippen LogP) is 3.18. The lowest BCUT2D eigenvalue weighted by Crippen LogP contribution is -2.26. The molecule has 0 aromatic heterocycles. The fraction of sp³-hybridized carbons (Fsp3) is 0.500. The predicted molar refractivity (Wildman–Crippen MR) is 77.8 cm³/mol. The van der Waals surface area contributed by atoms with E-state index in [1.54, 1.807) is 22.6 Å². The molecule has 0 bridgehead atoms. The number of ether oxygens (including phenoxy) is 1. The van der Waals surface area contributed by atoms with Crippen LogP contribution < -0.4 is 5.32 Å². The van der Waals surface area contributed by atoms with E-state index in [2.05, 4.69) is 5.32 Å². The molecule has 104 valence electrons. The van der Waals surface area contributed by atoms with Crippen LogP contribution in [0.25, 0.3) is 0 Å². The zero-order chi connectivity index (χ0) is 14.0. The molecule has 0 amide bonds. The molecule has 1 N–H and O–H groups in total. The largest absolute Gasteiger partial charge is 0.381 e. The third kappa shape index (κ3) is 3.33. The van der Waals surface area contributed by atoms with E-state index in [1.807, 2.05) is 6.92 Å². The standard InChI is InChI=1S/C12H14FIN2O3/c1-7(8-2-3-19-6-8)15-11-4-9(13)10(14)5-12(11)16(17)18/h4-5,7-8,15H,2-3,6H2,1H3. The zero-order valence-electron chi connectivity index (χ0n) is 10.4. The second kappa shape index (κ2) is 6.00. The van der Waals surface area contributed by atoms with Gasteiger partial charge in [-0.05, 0) is 35.9 Å². The molecular formula is C12H14FIN2O3.